The summed E-state index contributed by atoms with van der Waals surface area (Å²) >= 11 is 0. The molecule has 90 valence electrons. The Labute approximate surface area is 96.0 Å². The summed E-state index contributed by atoms with van der Waals surface area (Å²) in [5, 5.41) is 3.98. The van der Waals surface area contributed by atoms with E-state index in [1.165, 1.54) is 12.8 Å². The Morgan fingerprint density at radius 3 is 2.88 bits per heavy atom. The van der Waals surface area contributed by atoms with Gasteiger partial charge in [-0.15, -0.1) is 0 Å². The summed E-state index contributed by atoms with van der Waals surface area (Å²) in [4.78, 5) is 6.38. The Hall–Kier alpha value is -1.10. The summed E-state index contributed by atoms with van der Waals surface area (Å²) in [6, 6.07) is 0.175. The van der Waals surface area contributed by atoms with E-state index in [0.717, 1.165) is 19.4 Å². The number of rotatable bonds is 3. The van der Waals surface area contributed by atoms with Gasteiger partial charge in [0.2, 0.25) is 5.89 Å². The van der Waals surface area contributed by atoms with Crippen molar-refractivity contribution in [2.45, 2.75) is 44.6 Å². The molecule has 0 spiro atoms. The maximum atomic E-state index is 6.09. The van der Waals surface area contributed by atoms with E-state index in [-0.39, 0.29) is 12.0 Å². The monoisotopic (exact) mass is 224 g/mol. The first kappa shape index (κ1) is 11.4. The molecule has 1 aliphatic carbocycles. The third-order valence-corrected chi connectivity index (χ3v) is 3.38. The number of nitrogens with zero attached hydrogens (tertiary/aromatic N) is 3. The van der Waals surface area contributed by atoms with Gasteiger partial charge in [0.1, 0.15) is 0 Å². The van der Waals surface area contributed by atoms with Crippen molar-refractivity contribution in [3.05, 3.63) is 5.89 Å². The van der Waals surface area contributed by atoms with Crippen molar-refractivity contribution in [2.24, 2.45) is 5.73 Å². The van der Waals surface area contributed by atoms with Gasteiger partial charge in [0.05, 0.1) is 5.92 Å². The van der Waals surface area contributed by atoms with Crippen LogP contribution in [0.2, 0.25) is 0 Å². The van der Waals surface area contributed by atoms with Gasteiger partial charge in [-0.1, -0.05) is 12.8 Å². The van der Waals surface area contributed by atoms with Gasteiger partial charge in [-0.05, 0) is 24.9 Å². The second kappa shape index (κ2) is 4.82. The standard InChI is InChI=1S/C11H20N4O/c1-3-15(2)11-13-10(16-14-11)8-6-4-5-7-9(8)12/h8-9H,3-7,12H2,1-2H3. The smallest absolute Gasteiger partial charge is 0.265 e. The first-order chi connectivity index (χ1) is 7.72. The van der Waals surface area contributed by atoms with Crippen LogP contribution in [0.25, 0.3) is 0 Å². The molecule has 0 radical (unpaired) electrons. The number of hydrogen-bond donors (Lipinski definition) is 1. The van der Waals surface area contributed by atoms with Crippen LogP contribution >= 0.6 is 0 Å². The highest BCUT2D eigenvalue weighted by molar-refractivity contribution is 5.26. The van der Waals surface area contributed by atoms with Gasteiger partial charge in [0, 0.05) is 19.6 Å². The zero-order valence-corrected chi connectivity index (χ0v) is 10.0. The van der Waals surface area contributed by atoms with Crippen molar-refractivity contribution in [3.63, 3.8) is 0 Å². The lowest BCUT2D eigenvalue weighted by Crippen LogP contribution is -2.31. The highest BCUT2D eigenvalue weighted by Crippen LogP contribution is 2.31. The van der Waals surface area contributed by atoms with Gasteiger partial charge in [-0.2, -0.15) is 4.98 Å². The molecule has 16 heavy (non-hydrogen) atoms. The molecule has 2 unspecified atom stereocenters. The molecule has 0 amide bonds. The van der Waals surface area contributed by atoms with E-state index in [4.69, 9.17) is 10.3 Å². The molecule has 0 aliphatic heterocycles. The second-order valence-electron chi connectivity index (χ2n) is 4.50. The molecule has 1 aromatic heterocycles. The molecule has 5 nitrogen and oxygen atoms in total. The molecule has 0 aromatic carbocycles. The minimum Gasteiger partial charge on any atom is -0.342 e. The fourth-order valence-corrected chi connectivity index (χ4v) is 2.14. The van der Waals surface area contributed by atoms with E-state index >= 15 is 0 Å². The molecule has 0 bridgehead atoms. The SMILES string of the molecule is CCN(C)c1noc(C2CCCCC2N)n1. The van der Waals surface area contributed by atoms with Crippen LogP contribution < -0.4 is 10.6 Å². The van der Waals surface area contributed by atoms with Gasteiger partial charge in [-0.3, -0.25) is 0 Å². The van der Waals surface area contributed by atoms with E-state index in [1.54, 1.807) is 0 Å². The third-order valence-electron chi connectivity index (χ3n) is 3.38. The van der Waals surface area contributed by atoms with Crippen LogP contribution in [-0.2, 0) is 0 Å². The van der Waals surface area contributed by atoms with Crippen LogP contribution in [-0.4, -0.2) is 29.8 Å². The number of anilines is 1. The van der Waals surface area contributed by atoms with Crippen LogP contribution in [0.3, 0.4) is 0 Å². The van der Waals surface area contributed by atoms with Crippen LogP contribution in [0.1, 0.15) is 44.4 Å². The number of nitrogens with two attached hydrogens (primary N) is 1. The lowest BCUT2D eigenvalue weighted by Gasteiger charge is -2.25. The summed E-state index contributed by atoms with van der Waals surface area (Å²) in [5.41, 5.74) is 6.09. The molecule has 1 aliphatic rings. The Kier molecular flexibility index (Phi) is 3.43. The largest absolute Gasteiger partial charge is 0.342 e. The van der Waals surface area contributed by atoms with Crippen LogP contribution in [0.4, 0.5) is 5.95 Å². The fraction of sp³-hybridized carbons (Fsp3) is 0.818. The molecular weight excluding hydrogens is 204 g/mol. The molecule has 2 rings (SSSR count). The van der Waals surface area contributed by atoms with Gasteiger partial charge < -0.3 is 15.2 Å². The normalized spacial score (nSPS) is 25.7. The average molecular weight is 224 g/mol. The third kappa shape index (κ3) is 2.19. The lowest BCUT2D eigenvalue weighted by atomic mass is 9.85. The highest BCUT2D eigenvalue weighted by Gasteiger charge is 2.28. The molecule has 2 N–H and O–H groups in total. The van der Waals surface area contributed by atoms with Crippen molar-refractivity contribution in [1.82, 2.24) is 10.1 Å². The summed E-state index contributed by atoms with van der Waals surface area (Å²) in [7, 11) is 1.95. The molecule has 1 saturated carbocycles. The molecule has 2 atom stereocenters. The van der Waals surface area contributed by atoms with Crippen molar-refractivity contribution >= 4 is 5.95 Å². The Morgan fingerprint density at radius 2 is 2.19 bits per heavy atom. The summed E-state index contributed by atoms with van der Waals surface area (Å²) in [6.07, 6.45) is 4.55. The summed E-state index contributed by atoms with van der Waals surface area (Å²) in [5.74, 6) is 1.62. The van der Waals surface area contributed by atoms with Crippen molar-refractivity contribution in [3.8, 4) is 0 Å². The Bertz CT molecular complexity index is 338. The predicted octanol–water partition coefficient (Wildman–Crippen LogP) is 1.51. The topological polar surface area (TPSA) is 68.2 Å². The maximum Gasteiger partial charge on any atom is 0.265 e. The van der Waals surface area contributed by atoms with Crippen LogP contribution in [0, 0.1) is 0 Å². The maximum absolute atomic E-state index is 6.09. The fourth-order valence-electron chi connectivity index (χ4n) is 2.14. The van der Waals surface area contributed by atoms with Crippen molar-refractivity contribution < 1.29 is 4.52 Å². The lowest BCUT2D eigenvalue weighted by molar-refractivity contribution is 0.290. The predicted molar refractivity (Wildman–Crippen MR) is 62.4 cm³/mol. The van der Waals surface area contributed by atoms with Crippen molar-refractivity contribution in [1.29, 1.82) is 0 Å². The van der Waals surface area contributed by atoms with E-state index in [1.807, 2.05) is 11.9 Å². The van der Waals surface area contributed by atoms with E-state index in [9.17, 15) is 0 Å². The van der Waals surface area contributed by atoms with Gasteiger partial charge in [0.15, 0.2) is 0 Å². The quantitative estimate of drug-likeness (QED) is 0.842. The highest BCUT2D eigenvalue weighted by atomic mass is 16.5. The van der Waals surface area contributed by atoms with Crippen LogP contribution in [0.5, 0.6) is 0 Å². The first-order valence-corrected chi connectivity index (χ1v) is 6.02. The van der Waals surface area contributed by atoms with Gasteiger partial charge in [0.25, 0.3) is 5.95 Å². The summed E-state index contributed by atoms with van der Waals surface area (Å²) in [6.45, 7) is 2.93. The molecule has 5 heteroatoms. The Balaban J connectivity index is 2.11. The number of hydrogen-bond acceptors (Lipinski definition) is 5. The molecule has 1 aromatic rings. The average Bonchev–Trinajstić information content (AvgIpc) is 2.78. The number of aromatic nitrogens is 2. The molecule has 1 heterocycles. The summed E-state index contributed by atoms with van der Waals surface area (Å²) < 4.78 is 5.31. The van der Waals surface area contributed by atoms with E-state index in [2.05, 4.69) is 17.1 Å². The molecule has 1 fully saturated rings. The Morgan fingerprint density at radius 1 is 1.44 bits per heavy atom. The minimum absolute atomic E-state index is 0.175. The van der Waals surface area contributed by atoms with E-state index in [0.29, 0.717) is 11.8 Å². The van der Waals surface area contributed by atoms with Crippen molar-refractivity contribution in [2.75, 3.05) is 18.5 Å². The molecule has 0 saturated heterocycles. The minimum atomic E-state index is 0.175. The molecular formula is C11H20N4O. The van der Waals surface area contributed by atoms with Crippen LogP contribution in [0.15, 0.2) is 4.52 Å². The van der Waals surface area contributed by atoms with Gasteiger partial charge in [-0.25, -0.2) is 0 Å². The second-order valence-corrected chi connectivity index (χ2v) is 4.50. The zero-order chi connectivity index (χ0) is 11.5. The van der Waals surface area contributed by atoms with E-state index < -0.39 is 0 Å². The zero-order valence-electron chi connectivity index (χ0n) is 10.0. The van der Waals surface area contributed by atoms with Gasteiger partial charge >= 0.3 is 0 Å². The first-order valence-electron chi connectivity index (χ1n) is 6.02.